The van der Waals surface area contributed by atoms with Gasteiger partial charge >= 0.3 is 0 Å². The molecule has 1 aromatic rings. The lowest BCUT2D eigenvalue weighted by molar-refractivity contribution is -0.125. The van der Waals surface area contributed by atoms with Crippen LogP contribution in [0.1, 0.15) is 19.4 Å². The lowest BCUT2D eigenvalue weighted by atomic mass is 10.0. The molecule has 3 nitrogen and oxygen atoms in total. The van der Waals surface area contributed by atoms with Crippen LogP contribution in [0, 0.1) is 5.92 Å². The molecule has 4 heteroatoms. The van der Waals surface area contributed by atoms with Crippen molar-refractivity contribution in [2.75, 3.05) is 6.26 Å². The van der Waals surface area contributed by atoms with Crippen LogP contribution in [0.4, 0.5) is 0 Å². The lowest BCUT2D eigenvalue weighted by Gasteiger charge is -2.15. The second kappa shape index (κ2) is 6.67. The van der Waals surface area contributed by atoms with Crippen molar-refractivity contribution in [3.05, 3.63) is 29.8 Å². The van der Waals surface area contributed by atoms with Crippen LogP contribution in [0.2, 0.25) is 0 Å². The molecule has 94 valence electrons. The minimum atomic E-state index is -0.152. The summed E-state index contributed by atoms with van der Waals surface area (Å²) in [5.74, 6) is -0.144. The molecule has 0 fully saturated rings. The Kier molecular flexibility index (Phi) is 5.51. The molecule has 0 radical (unpaired) electrons. The summed E-state index contributed by atoms with van der Waals surface area (Å²) in [5, 5.41) is 2.89. The van der Waals surface area contributed by atoms with E-state index >= 15 is 0 Å². The molecule has 2 unspecified atom stereocenters. The van der Waals surface area contributed by atoms with E-state index in [1.165, 1.54) is 4.90 Å². The van der Waals surface area contributed by atoms with Gasteiger partial charge in [0, 0.05) is 23.4 Å². The van der Waals surface area contributed by atoms with Crippen LogP contribution in [0.15, 0.2) is 29.2 Å². The summed E-state index contributed by atoms with van der Waals surface area (Å²) in [6.45, 7) is 4.25. The van der Waals surface area contributed by atoms with Gasteiger partial charge in [-0.05, 0) is 30.9 Å². The largest absolute Gasteiger partial charge is 0.352 e. The first kappa shape index (κ1) is 14.1. The van der Waals surface area contributed by atoms with Crippen LogP contribution < -0.4 is 11.1 Å². The van der Waals surface area contributed by atoms with E-state index in [0.717, 1.165) is 5.56 Å². The van der Waals surface area contributed by atoms with Gasteiger partial charge in [0.1, 0.15) is 0 Å². The molecule has 0 bridgehead atoms. The molecule has 0 aliphatic carbocycles. The van der Waals surface area contributed by atoms with Crippen molar-refractivity contribution in [2.24, 2.45) is 11.7 Å². The minimum absolute atomic E-state index is 0.00828. The van der Waals surface area contributed by atoms with E-state index in [1.807, 2.05) is 32.2 Å². The smallest absolute Gasteiger partial charge is 0.224 e. The summed E-state index contributed by atoms with van der Waals surface area (Å²) in [6.07, 6.45) is 2.04. The van der Waals surface area contributed by atoms with Gasteiger partial charge in [0.2, 0.25) is 5.91 Å². The Morgan fingerprint density at radius 2 is 1.94 bits per heavy atom. The average molecular weight is 252 g/mol. The third-order valence-electron chi connectivity index (χ3n) is 2.83. The van der Waals surface area contributed by atoms with Crippen molar-refractivity contribution in [3.8, 4) is 0 Å². The highest BCUT2D eigenvalue weighted by Gasteiger charge is 2.16. The maximum Gasteiger partial charge on any atom is 0.224 e. The molecule has 0 heterocycles. The van der Waals surface area contributed by atoms with Crippen molar-refractivity contribution in [1.29, 1.82) is 0 Å². The quantitative estimate of drug-likeness (QED) is 0.788. The number of carbonyl (C=O) groups excluding carboxylic acids is 1. The van der Waals surface area contributed by atoms with Crippen LogP contribution in [0.3, 0.4) is 0 Å². The number of hydrogen-bond acceptors (Lipinski definition) is 3. The van der Waals surface area contributed by atoms with E-state index in [-0.39, 0.29) is 17.9 Å². The van der Waals surface area contributed by atoms with Crippen molar-refractivity contribution < 1.29 is 4.79 Å². The first-order valence-corrected chi connectivity index (χ1v) is 6.93. The Hall–Kier alpha value is -1.00. The summed E-state index contributed by atoms with van der Waals surface area (Å²) in [5.41, 5.74) is 6.78. The maximum atomic E-state index is 11.7. The van der Waals surface area contributed by atoms with Crippen molar-refractivity contribution >= 4 is 17.7 Å². The van der Waals surface area contributed by atoms with Gasteiger partial charge in [-0.25, -0.2) is 0 Å². The summed E-state index contributed by atoms with van der Waals surface area (Å²) in [4.78, 5) is 12.9. The van der Waals surface area contributed by atoms with Crippen LogP contribution >= 0.6 is 11.8 Å². The topological polar surface area (TPSA) is 55.1 Å². The number of hydrogen-bond donors (Lipinski definition) is 2. The third kappa shape index (κ3) is 4.40. The highest BCUT2D eigenvalue weighted by atomic mass is 32.2. The fourth-order valence-electron chi connectivity index (χ4n) is 1.33. The van der Waals surface area contributed by atoms with Gasteiger partial charge in [-0.1, -0.05) is 19.1 Å². The fourth-order valence-corrected chi connectivity index (χ4v) is 1.74. The molecule has 0 spiro atoms. The van der Waals surface area contributed by atoms with Gasteiger partial charge in [0.15, 0.2) is 0 Å². The summed E-state index contributed by atoms with van der Waals surface area (Å²) >= 11 is 1.71. The van der Waals surface area contributed by atoms with Gasteiger partial charge in [0.25, 0.3) is 0 Å². The van der Waals surface area contributed by atoms with E-state index in [9.17, 15) is 4.79 Å². The highest BCUT2D eigenvalue weighted by Crippen LogP contribution is 2.14. The monoisotopic (exact) mass is 252 g/mol. The average Bonchev–Trinajstić information content (AvgIpc) is 2.35. The number of amides is 1. The molecule has 17 heavy (non-hydrogen) atoms. The standard InChI is InChI=1S/C13H20N2OS/c1-9(10(2)14)13(16)15-8-11-4-6-12(17-3)7-5-11/h4-7,9-10H,8,14H2,1-3H3,(H,15,16). The molecular formula is C13H20N2OS. The maximum absolute atomic E-state index is 11.7. The summed E-state index contributed by atoms with van der Waals surface area (Å²) < 4.78 is 0. The predicted octanol–water partition coefficient (Wildman–Crippen LogP) is 2.01. The molecular weight excluding hydrogens is 232 g/mol. The van der Waals surface area contributed by atoms with E-state index in [1.54, 1.807) is 11.8 Å². The third-order valence-corrected chi connectivity index (χ3v) is 3.57. The SMILES string of the molecule is CSc1ccc(CNC(=O)C(C)C(C)N)cc1. The van der Waals surface area contributed by atoms with E-state index in [2.05, 4.69) is 17.4 Å². The van der Waals surface area contributed by atoms with Gasteiger partial charge in [-0.2, -0.15) is 0 Å². The van der Waals surface area contributed by atoms with E-state index in [0.29, 0.717) is 6.54 Å². The van der Waals surface area contributed by atoms with Crippen LogP contribution in [-0.4, -0.2) is 18.2 Å². The number of thioether (sulfide) groups is 1. The first-order chi connectivity index (χ1) is 8.04. The zero-order valence-electron chi connectivity index (χ0n) is 10.6. The molecule has 1 aromatic carbocycles. The highest BCUT2D eigenvalue weighted by molar-refractivity contribution is 7.98. The van der Waals surface area contributed by atoms with Crippen molar-refractivity contribution in [1.82, 2.24) is 5.32 Å². The number of carbonyl (C=O) groups is 1. The van der Waals surface area contributed by atoms with Crippen molar-refractivity contribution in [2.45, 2.75) is 31.3 Å². The van der Waals surface area contributed by atoms with Crippen molar-refractivity contribution in [3.63, 3.8) is 0 Å². The zero-order valence-corrected chi connectivity index (χ0v) is 11.4. The Labute approximate surface area is 107 Å². The molecule has 0 aliphatic heterocycles. The Morgan fingerprint density at radius 1 is 1.35 bits per heavy atom. The molecule has 2 atom stereocenters. The number of rotatable bonds is 5. The minimum Gasteiger partial charge on any atom is -0.352 e. The normalized spacial score (nSPS) is 14.1. The summed E-state index contributed by atoms with van der Waals surface area (Å²) in [7, 11) is 0. The predicted molar refractivity (Wildman–Crippen MR) is 72.9 cm³/mol. The Balaban J connectivity index is 2.47. The number of benzene rings is 1. The van der Waals surface area contributed by atoms with E-state index < -0.39 is 0 Å². The molecule has 1 rings (SSSR count). The molecule has 0 aromatic heterocycles. The Bertz CT molecular complexity index is 362. The van der Waals surface area contributed by atoms with Crippen LogP contribution in [0.25, 0.3) is 0 Å². The van der Waals surface area contributed by atoms with Gasteiger partial charge in [-0.3, -0.25) is 4.79 Å². The Morgan fingerprint density at radius 3 is 2.41 bits per heavy atom. The van der Waals surface area contributed by atoms with E-state index in [4.69, 9.17) is 5.73 Å². The first-order valence-electron chi connectivity index (χ1n) is 5.71. The molecule has 1 amide bonds. The fraction of sp³-hybridized carbons (Fsp3) is 0.462. The molecule has 3 N–H and O–H groups in total. The lowest BCUT2D eigenvalue weighted by Crippen LogP contribution is -2.38. The van der Waals surface area contributed by atoms with Gasteiger partial charge < -0.3 is 11.1 Å². The van der Waals surface area contributed by atoms with Crippen LogP contribution in [0.5, 0.6) is 0 Å². The molecule has 0 saturated carbocycles. The van der Waals surface area contributed by atoms with Crippen LogP contribution in [-0.2, 0) is 11.3 Å². The molecule has 0 saturated heterocycles. The number of nitrogens with one attached hydrogen (secondary N) is 1. The van der Waals surface area contributed by atoms with Gasteiger partial charge in [0.05, 0.1) is 0 Å². The van der Waals surface area contributed by atoms with Gasteiger partial charge in [-0.15, -0.1) is 11.8 Å². The second-order valence-electron chi connectivity index (χ2n) is 4.21. The summed E-state index contributed by atoms with van der Waals surface area (Å²) in [6, 6.07) is 8.06. The number of nitrogens with two attached hydrogens (primary N) is 1. The zero-order chi connectivity index (χ0) is 12.8. The second-order valence-corrected chi connectivity index (χ2v) is 5.09. The molecule has 0 aliphatic rings.